The van der Waals surface area contributed by atoms with E-state index in [4.69, 9.17) is 9.47 Å². The molecule has 0 aromatic heterocycles. The van der Waals surface area contributed by atoms with Crippen LogP contribution >= 0.6 is 0 Å². The number of amides is 2. The van der Waals surface area contributed by atoms with Gasteiger partial charge in [0.05, 0.1) is 31.4 Å². The largest absolute Gasteiger partial charge is 0.489 e. The molecule has 154 valence electrons. The van der Waals surface area contributed by atoms with Gasteiger partial charge in [-0.05, 0) is 31.5 Å². The first-order valence-corrected chi connectivity index (χ1v) is 10.2. The highest BCUT2D eigenvalue weighted by atomic mass is 16.5. The highest BCUT2D eigenvalue weighted by Crippen LogP contribution is 2.35. The van der Waals surface area contributed by atoms with Crippen LogP contribution in [0.1, 0.15) is 37.0 Å². The topological polar surface area (TPSA) is 62.3 Å². The SMILES string of the molecule is CCCN(CC)C(=O)CC1COc2ccc(C(=O)N3CCOCC3)cc2N1C. The minimum absolute atomic E-state index is 0.0119. The van der Waals surface area contributed by atoms with E-state index in [2.05, 4.69) is 11.8 Å². The second-order valence-electron chi connectivity index (χ2n) is 7.34. The van der Waals surface area contributed by atoms with Crippen molar-refractivity contribution in [3.05, 3.63) is 23.8 Å². The number of fused-ring (bicyclic) bond motifs is 1. The van der Waals surface area contributed by atoms with Crippen LogP contribution in [0.4, 0.5) is 5.69 Å². The number of likely N-dealkylation sites (N-methyl/N-ethyl adjacent to an activating group) is 1. The van der Waals surface area contributed by atoms with Gasteiger partial charge in [-0.2, -0.15) is 0 Å². The molecular weight excluding hydrogens is 358 g/mol. The Labute approximate surface area is 167 Å². The molecule has 0 N–H and O–H groups in total. The van der Waals surface area contributed by atoms with Crippen molar-refractivity contribution in [3.63, 3.8) is 0 Å². The summed E-state index contributed by atoms with van der Waals surface area (Å²) < 4.78 is 11.2. The number of hydrogen-bond donors (Lipinski definition) is 0. The first kappa shape index (κ1) is 20.5. The second-order valence-corrected chi connectivity index (χ2v) is 7.34. The zero-order valence-electron chi connectivity index (χ0n) is 17.1. The fourth-order valence-corrected chi connectivity index (χ4v) is 3.75. The third-order valence-electron chi connectivity index (χ3n) is 5.50. The minimum atomic E-state index is -0.0420. The van der Waals surface area contributed by atoms with E-state index in [-0.39, 0.29) is 17.9 Å². The van der Waals surface area contributed by atoms with Crippen molar-refractivity contribution >= 4 is 17.5 Å². The van der Waals surface area contributed by atoms with E-state index in [1.165, 1.54) is 0 Å². The number of anilines is 1. The predicted octanol–water partition coefficient (Wildman–Crippen LogP) is 2.00. The first-order valence-electron chi connectivity index (χ1n) is 10.2. The lowest BCUT2D eigenvalue weighted by molar-refractivity contribution is -0.131. The third-order valence-corrected chi connectivity index (χ3v) is 5.50. The quantitative estimate of drug-likeness (QED) is 0.745. The molecule has 2 amide bonds. The van der Waals surface area contributed by atoms with Crippen molar-refractivity contribution in [2.24, 2.45) is 0 Å². The molecule has 0 bridgehead atoms. The molecule has 1 unspecified atom stereocenters. The average molecular weight is 389 g/mol. The minimum Gasteiger partial charge on any atom is -0.489 e. The molecule has 1 aromatic rings. The molecule has 28 heavy (non-hydrogen) atoms. The van der Waals surface area contributed by atoms with Gasteiger partial charge in [-0.25, -0.2) is 0 Å². The van der Waals surface area contributed by atoms with Crippen LogP contribution in [0.5, 0.6) is 5.75 Å². The number of benzene rings is 1. The van der Waals surface area contributed by atoms with E-state index in [0.29, 0.717) is 44.9 Å². The molecule has 1 fully saturated rings. The maximum Gasteiger partial charge on any atom is 0.254 e. The van der Waals surface area contributed by atoms with Crippen molar-refractivity contribution in [2.45, 2.75) is 32.7 Å². The molecule has 2 aliphatic heterocycles. The summed E-state index contributed by atoms with van der Waals surface area (Å²) in [6, 6.07) is 5.51. The number of hydrogen-bond acceptors (Lipinski definition) is 5. The van der Waals surface area contributed by atoms with E-state index >= 15 is 0 Å². The van der Waals surface area contributed by atoms with Gasteiger partial charge < -0.3 is 24.2 Å². The van der Waals surface area contributed by atoms with Gasteiger partial charge in [0.25, 0.3) is 5.91 Å². The molecule has 1 atom stereocenters. The molecule has 3 rings (SSSR count). The van der Waals surface area contributed by atoms with Gasteiger partial charge in [0, 0.05) is 38.8 Å². The standard InChI is InChI=1S/C21H31N3O4/c1-4-8-23(5-2)20(25)14-17-15-28-19-7-6-16(13-18(19)22(17)3)21(26)24-9-11-27-12-10-24/h6-7,13,17H,4-5,8-12,14-15H2,1-3H3. The van der Waals surface area contributed by atoms with E-state index < -0.39 is 0 Å². The van der Waals surface area contributed by atoms with Gasteiger partial charge >= 0.3 is 0 Å². The maximum absolute atomic E-state index is 12.8. The summed E-state index contributed by atoms with van der Waals surface area (Å²) in [5.74, 6) is 0.914. The molecule has 0 aliphatic carbocycles. The Hall–Kier alpha value is -2.28. The highest BCUT2D eigenvalue weighted by molar-refractivity contribution is 5.96. The van der Waals surface area contributed by atoms with Crippen molar-refractivity contribution in [2.75, 3.05) is 57.9 Å². The summed E-state index contributed by atoms with van der Waals surface area (Å²) >= 11 is 0. The molecule has 0 radical (unpaired) electrons. The van der Waals surface area contributed by atoms with E-state index in [1.54, 1.807) is 0 Å². The van der Waals surface area contributed by atoms with Crippen LogP contribution in [-0.2, 0) is 9.53 Å². The van der Waals surface area contributed by atoms with Gasteiger partial charge in [-0.1, -0.05) is 6.92 Å². The monoisotopic (exact) mass is 389 g/mol. The fraction of sp³-hybridized carbons (Fsp3) is 0.619. The first-order chi connectivity index (χ1) is 13.5. The van der Waals surface area contributed by atoms with Crippen molar-refractivity contribution in [1.29, 1.82) is 0 Å². The maximum atomic E-state index is 12.8. The molecule has 2 heterocycles. The summed E-state index contributed by atoms with van der Waals surface area (Å²) in [7, 11) is 1.97. The van der Waals surface area contributed by atoms with E-state index in [1.807, 2.05) is 42.0 Å². The number of morpholine rings is 1. The van der Waals surface area contributed by atoms with E-state index in [0.717, 1.165) is 30.9 Å². The Morgan fingerprint density at radius 3 is 2.64 bits per heavy atom. The van der Waals surface area contributed by atoms with E-state index in [9.17, 15) is 9.59 Å². The van der Waals surface area contributed by atoms with Crippen LogP contribution in [0.2, 0.25) is 0 Å². The molecule has 7 nitrogen and oxygen atoms in total. The van der Waals surface area contributed by atoms with Crippen LogP contribution in [0.3, 0.4) is 0 Å². The van der Waals surface area contributed by atoms with Crippen molar-refractivity contribution < 1.29 is 19.1 Å². The number of ether oxygens (including phenoxy) is 2. The second kappa shape index (κ2) is 9.28. The third kappa shape index (κ3) is 4.41. The van der Waals surface area contributed by atoms with Gasteiger partial charge in [0.15, 0.2) is 0 Å². The number of carbonyl (C=O) groups is 2. The molecular formula is C21H31N3O4. The van der Waals surface area contributed by atoms with Gasteiger partial charge in [-0.15, -0.1) is 0 Å². The predicted molar refractivity (Wildman–Crippen MR) is 108 cm³/mol. The molecule has 1 saturated heterocycles. The lowest BCUT2D eigenvalue weighted by Crippen LogP contribution is -2.45. The molecule has 0 spiro atoms. The fourth-order valence-electron chi connectivity index (χ4n) is 3.75. The number of rotatable bonds is 6. The molecule has 7 heteroatoms. The van der Waals surface area contributed by atoms with Crippen LogP contribution < -0.4 is 9.64 Å². The van der Waals surface area contributed by atoms with Crippen LogP contribution in [0.15, 0.2) is 18.2 Å². The Kier molecular flexibility index (Phi) is 6.78. The summed E-state index contributed by atoms with van der Waals surface area (Å²) in [6.07, 6.45) is 1.36. The summed E-state index contributed by atoms with van der Waals surface area (Å²) in [5, 5.41) is 0. The zero-order chi connectivity index (χ0) is 20.1. The van der Waals surface area contributed by atoms with Crippen molar-refractivity contribution in [1.82, 2.24) is 9.80 Å². The zero-order valence-corrected chi connectivity index (χ0v) is 17.1. The molecule has 0 saturated carbocycles. The van der Waals surface area contributed by atoms with Gasteiger partial charge in [0.2, 0.25) is 5.91 Å². The smallest absolute Gasteiger partial charge is 0.254 e. The average Bonchev–Trinajstić information content (AvgIpc) is 2.73. The Balaban J connectivity index is 1.72. The normalized spacial score (nSPS) is 19.0. The van der Waals surface area contributed by atoms with Crippen LogP contribution in [-0.4, -0.2) is 80.7 Å². The number of carbonyl (C=O) groups excluding carboxylic acids is 2. The summed E-state index contributed by atoms with van der Waals surface area (Å²) in [5.41, 5.74) is 1.51. The van der Waals surface area contributed by atoms with Crippen LogP contribution in [0, 0.1) is 0 Å². The lowest BCUT2D eigenvalue weighted by Gasteiger charge is -2.37. The Bertz CT molecular complexity index is 703. The lowest BCUT2D eigenvalue weighted by atomic mass is 10.1. The summed E-state index contributed by atoms with van der Waals surface area (Å²) in [4.78, 5) is 31.2. The number of nitrogens with zero attached hydrogens (tertiary/aromatic N) is 3. The molecule has 2 aliphatic rings. The summed E-state index contributed by atoms with van der Waals surface area (Å²) in [6.45, 7) is 8.44. The van der Waals surface area contributed by atoms with Gasteiger partial charge in [-0.3, -0.25) is 9.59 Å². The van der Waals surface area contributed by atoms with Gasteiger partial charge in [0.1, 0.15) is 12.4 Å². The molecule has 1 aromatic carbocycles. The highest BCUT2D eigenvalue weighted by Gasteiger charge is 2.29. The Morgan fingerprint density at radius 1 is 1.21 bits per heavy atom. The van der Waals surface area contributed by atoms with Crippen LogP contribution in [0.25, 0.3) is 0 Å². The Morgan fingerprint density at radius 2 is 1.96 bits per heavy atom. The van der Waals surface area contributed by atoms with Crippen molar-refractivity contribution in [3.8, 4) is 5.75 Å².